The van der Waals surface area contributed by atoms with Crippen molar-refractivity contribution in [3.05, 3.63) is 125 Å². The molecule has 0 fully saturated rings. The molecule has 0 atom stereocenters. The minimum Gasteiger partial charge on any atom is -0.522 e. The van der Waals surface area contributed by atoms with Gasteiger partial charge in [0.15, 0.2) is 0 Å². The molecule has 32 heavy (non-hydrogen) atoms. The molecule has 0 spiro atoms. The Morgan fingerprint density at radius 1 is 0.969 bits per heavy atom. The summed E-state index contributed by atoms with van der Waals surface area (Å²) in [4.78, 5) is 20.1. The van der Waals surface area contributed by atoms with E-state index in [9.17, 15) is 4.79 Å². The Bertz CT molecular complexity index is 1250. The van der Waals surface area contributed by atoms with Gasteiger partial charge in [-0.1, -0.05) is 71.9 Å². The second-order valence-electron chi connectivity index (χ2n) is 6.82. The zero-order valence-electron chi connectivity index (χ0n) is 17.8. The summed E-state index contributed by atoms with van der Waals surface area (Å²) in [6.45, 7) is 0. The molecule has 0 bridgehead atoms. The zero-order chi connectivity index (χ0) is 21.5. The molecule has 0 radical (unpaired) electrons. The van der Waals surface area contributed by atoms with Crippen LogP contribution in [0.3, 0.4) is 0 Å². The van der Waals surface area contributed by atoms with Crippen molar-refractivity contribution in [3.63, 3.8) is 0 Å². The van der Waals surface area contributed by atoms with E-state index in [4.69, 9.17) is 4.74 Å². The molecule has 0 saturated carbocycles. The third-order valence-corrected chi connectivity index (χ3v) is 4.72. The molecule has 0 aliphatic carbocycles. The summed E-state index contributed by atoms with van der Waals surface area (Å²) >= 11 is 0. The van der Waals surface area contributed by atoms with Crippen LogP contribution in [-0.4, -0.2) is 21.6 Å². The number of methoxy groups -OCH3 is 1. The molecule has 0 amide bonds. The fraction of sp³-hybridized carbons (Fsp3) is 0.0769. The van der Waals surface area contributed by atoms with E-state index < -0.39 is 0 Å². The predicted molar refractivity (Wildman–Crippen MR) is 121 cm³/mol. The van der Waals surface area contributed by atoms with Crippen LogP contribution in [0, 0.1) is 12.3 Å². The molecule has 1 N–H and O–H groups in total. The Kier molecular flexibility index (Phi) is 8.38. The monoisotopic (exact) mass is 521 g/mol. The van der Waals surface area contributed by atoms with Crippen molar-refractivity contribution in [1.29, 1.82) is 0 Å². The number of aromatic nitrogens is 3. The minimum atomic E-state index is -0.0914. The van der Waals surface area contributed by atoms with Crippen LogP contribution in [0.1, 0.15) is 11.3 Å². The first-order valence-electron chi connectivity index (χ1n) is 9.86. The number of fused-ring (bicyclic) bond motifs is 1. The molecular weight excluding hydrogens is 499 g/mol. The number of benzene rings is 3. The normalized spacial score (nSPS) is 10.0. The third kappa shape index (κ3) is 5.73. The number of nitrogens with one attached hydrogen (secondary N) is 1. The molecule has 3 aromatic carbocycles. The average molecular weight is 520 g/mol. The number of ether oxygens (including phenoxy) is 1. The van der Waals surface area contributed by atoms with Crippen LogP contribution in [0.25, 0.3) is 17.1 Å². The maximum atomic E-state index is 12.6. The summed E-state index contributed by atoms with van der Waals surface area (Å²) < 4.78 is 6.45. The van der Waals surface area contributed by atoms with Crippen LogP contribution in [0.15, 0.2) is 95.9 Å². The topological polar surface area (TPSA) is 59.9 Å². The largest absolute Gasteiger partial charge is 2.00 e. The quantitative estimate of drug-likeness (QED) is 0.280. The predicted octanol–water partition coefficient (Wildman–Crippen LogP) is 4.55. The van der Waals surface area contributed by atoms with Gasteiger partial charge >= 0.3 is 27.3 Å². The van der Waals surface area contributed by atoms with Crippen molar-refractivity contribution in [2.75, 3.05) is 7.11 Å². The first kappa shape index (κ1) is 23.5. The van der Waals surface area contributed by atoms with Gasteiger partial charge in [0, 0.05) is 12.2 Å². The SMILES string of the molecule is COc1cc[c-]cc1.O=c1c(Cc2ccccc2)nc2[c-][nH]c(-c3ccccc3)cn1-2.[Cd+2]. The van der Waals surface area contributed by atoms with Crippen molar-refractivity contribution >= 4 is 0 Å². The van der Waals surface area contributed by atoms with Crippen LogP contribution in [-0.2, 0) is 33.7 Å². The number of H-pyrrole nitrogens is 1. The fourth-order valence-corrected chi connectivity index (χ4v) is 3.13. The van der Waals surface area contributed by atoms with Crippen molar-refractivity contribution in [2.45, 2.75) is 6.42 Å². The van der Waals surface area contributed by atoms with Crippen molar-refractivity contribution in [1.82, 2.24) is 14.5 Å². The van der Waals surface area contributed by atoms with Gasteiger partial charge in [-0.05, 0) is 11.8 Å². The molecule has 5 rings (SSSR count). The van der Waals surface area contributed by atoms with E-state index in [1.165, 1.54) is 0 Å². The summed E-state index contributed by atoms with van der Waals surface area (Å²) in [5, 5.41) is 0. The first-order chi connectivity index (χ1) is 15.2. The van der Waals surface area contributed by atoms with Crippen LogP contribution in [0.2, 0.25) is 0 Å². The Hall–Kier alpha value is -3.20. The number of hydrogen-bond acceptors (Lipinski definition) is 3. The molecule has 2 heterocycles. The number of rotatable bonds is 4. The van der Waals surface area contributed by atoms with E-state index in [0.717, 1.165) is 22.6 Å². The molecule has 0 unspecified atom stereocenters. The zero-order valence-corrected chi connectivity index (χ0v) is 21.8. The van der Waals surface area contributed by atoms with E-state index in [2.05, 4.69) is 22.2 Å². The van der Waals surface area contributed by atoms with E-state index in [-0.39, 0.29) is 32.9 Å². The van der Waals surface area contributed by atoms with Crippen LogP contribution in [0.4, 0.5) is 0 Å². The number of nitrogens with zero attached hydrogens (tertiary/aromatic N) is 2. The molecule has 3 aromatic rings. The van der Waals surface area contributed by atoms with Gasteiger partial charge in [-0.2, -0.15) is 18.2 Å². The van der Waals surface area contributed by atoms with Gasteiger partial charge in [-0.15, -0.1) is 18.3 Å². The molecule has 5 nitrogen and oxygen atoms in total. The first-order valence-corrected chi connectivity index (χ1v) is 9.86. The van der Waals surface area contributed by atoms with Gasteiger partial charge in [0.1, 0.15) is 5.69 Å². The molecule has 0 aromatic heterocycles. The summed E-state index contributed by atoms with van der Waals surface area (Å²) in [5.41, 5.74) is 3.35. The van der Waals surface area contributed by atoms with Crippen LogP contribution in [0.5, 0.6) is 5.75 Å². The molecule has 0 saturated heterocycles. The molecule has 2 aliphatic rings. The third-order valence-electron chi connectivity index (χ3n) is 4.72. The molecule has 2 aliphatic heterocycles. The fourth-order valence-electron chi connectivity index (χ4n) is 3.13. The second-order valence-corrected chi connectivity index (χ2v) is 6.82. The average Bonchev–Trinajstić information content (AvgIpc) is 3.15. The van der Waals surface area contributed by atoms with Gasteiger partial charge in [0.2, 0.25) is 0 Å². The van der Waals surface area contributed by atoms with Crippen molar-refractivity contribution in [3.8, 4) is 22.8 Å². The van der Waals surface area contributed by atoms with Gasteiger partial charge < -0.3 is 9.72 Å². The Balaban J connectivity index is 0.000000274. The van der Waals surface area contributed by atoms with Crippen molar-refractivity contribution < 1.29 is 32.0 Å². The molecular formula is C26H21CdN3O2. The van der Waals surface area contributed by atoms with E-state index in [0.29, 0.717) is 17.9 Å². The van der Waals surface area contributed by atoms with Gasteiger partial charge in [0.25, 0.3) is 5.56 Å². The Morgan fingerprint density at radius 3 is 2.25 bits per heavy atom. The van der Waals surface area contributed by atoms with Gasteiger partial charge in [-0.3, -0.25) is 9.36 Å². The summed E-state index contributed by atoms with van der Waals surface area (Å²) in [7, 11) is 1.65. The van der Waals surface area contributed by atoms with Gasteiger partial charge in [0.05, 0.1) is 12.9 Å². The van der Waals surface area contributed by atoms with Crippen LogP contribution >= 0.6 is 0 Å². The van der Waals surface area contributed by atoms with Crippen molar-refractivity contribution in [2.24, 2.45) is 0 Å². The van der Waals surface area contributed by atoms with E-state index in [1.807, 2.05) is 84.9 Å². The number of aromatic amines is 1. The molecule has 154 valence electrons. The maximum absolute atomic E-state index is 12.6. The number of hydrogen-bond donors (Lipinski definition) is 1. The summed E-state index contributed by atoms with van der Waals surface area (Å²) in [6, 6.07) is 30.0. The maximum Gasteiger partial charge on any atom is 2.00 e. The van der Waals surface area contributed by atoms with E-state index in [1.54, 1.807) is 17.9 Å². The smallest absolute Gasteiger partial charge is 0.522 e. The second kappa shape index (κ2) is 11.4. The van der Waals surface area contributed by atoms with Gasteiger partial charge in [-0.25, -0.2) is 4.98 Å². The minimum absolute atomic E-state index is 0. The van der Waals surface area contributed by atoms with E-state index >= 15 is 0 Å². The molecule has 6 heteroatoms. The van der Waals surface area contributed by atoms with Crippen LogP contribution < -0.4 is 10.3 Å². The Labute approximate surface area is 207 Å². The Morgan fingerprint density at radius 2 is 1.62 bits per heavy atom. The summed E-state index contributed by atoms with van der Waals surface area (Å²) in [5.74, 6) is 1.39. The summed E-state index contributed by atoms with van der Waals surface area (Å²) in [6.07, 6.45) is 5.30. The standard InChI is InChI=1S/C19H14N3O.C7H7O.Cd/c23-19-16(11-14-7-3-1-4-8-14)21-18-12-20-17(13-22(18)19)15-9-5-2-6-10-15;1-8-7-5-3-2-4-6-7;/h1-10,13,20H,11H2;3-6H,1H3;/q2*-1;+2. The number of imidazole rings is 1.